The van der Waals surface area contributed by atoms with Crippen molar-refractivity contribution < 1.29 is 9.53 Å². The fourth-order valence-electron chi connectivity index (χ4n) is 1.69. The van der Waals surface area contributed by atoms with Crippen molar-refractivity contribution in [3.63, 3.8) is 0 Å². The van der Waals surface area contributed by atoms with Gasteiger partial charge in [-0.1, -0.05) is 12.1 Å². The molecule has 128 valence electrons. The summed E-state index contributed by atoms with van der Waals surface area (Å²) < 4.78 is 5.72. The maximum Gasteiger partial charge on any atom is 0.257 e. The molecule has 0 spiro atoms. The van der Waals surface area contributed by atoms with E-state index >= 15 is 0 Å². The van der Waals surface area contributed by atoms with Gasteiger partial charge in [0.1, 0.15) is 12.4 Å². The van der Waals surface area contributed by atoms with E-state index in [1.54, 1.807) is 11.9 Å². The second kappa shape index (κ2) is 12.5. The van der Waals surface area contributed by atoms with Crippen molar-refractivity contribution in [1.29, 1.82) is 0 Å². The first-order valence-corrected chi connectivity index (χ1v) is 6.83. The first-order chi connectivity index (χ1) is 9.56. The highest BCUT2D eigenvalue weighted by Gasteiger charge is 2.15. The van der Waals surface area contributed by atoms with E-state index in [1.165, 1.54) is 0 Å². The van der Waals surface area contributed by atoms with Crippen LogP contribution in [0.4, 0.5) is 0 Å². The Morgan fingerprint density at radius 1 is 1.14 bits per heavy atom. The smallest absolute Gasteiger partial charge is 0.257 e. The quantitative estimate of drug-likeness (QED) is 0.775. The van der Waals surface area contributed by atoms with Crippen LogP contribution in [0.2, 0.25) is 0 Å². The lowest BCUT2D eigenvalue weighted by Crippen LogP contribution is -2.33. The molecule has 0 heterocycles. The Labute approximate surface area is 145 Å². The minimum absolute atomic E-state index is 0. The summed E-state index contributed by atoms with van der Waals surface area (Å²) in [7, 11) is 7.66. The lowest BCUT2D eigenvalue weighted by Gasteiger charge is -2.19. The van der Waals surface area contributed by atoms with Gasteiger partial charge in [0.05, 0.1) is 5.56 Å². The molecule has 0 radical (unpaired) electrons. The minimum atomic E-state index is -0.0132. The van der Waals surface area contributed by atoms with E-state index in [0.29, 0.717) is 24.5 Å². The monoisotopic (exact) mass is 351 g/mol. The van der Waals surface area contributed by atoms with Gasteiger partial charge < -0.3 is 19.9 Å². The number of carbonyl (C=O) groups is 1. The molecule has 1 aromatic carbocycles. The van der Waals surface area contributed by atoms with Crippen molar-refractivity contribution in [3.8, 4) is 5.75 Å². The second-order valence-corrected chi connectivity index (χ2v) is 4.98. The Bertz CT molecular complexity index is 431. The third kappa shape index (κ3) is 7.84. The van der Waals surface area contributed by atoms with Crippen LogP contribution in [0.3, 0.4) is 0 Å². The molecule has 0 unspecified atom stereocenters. The van der Waals surface area contributed by atoms with Crippen LogP contribution in [0.25, 0.3) is 0 Å². The summed E-state index contributed by atoms with van der Waals surface area (Å²) in [5.74, 6) is 0.636. The molecule has 7 heteroatoms. The molecule has 1 amide bonds. The summed E-state index contributed by atoms with van der Waals surface area (Å²) in [6, 6.07) is 7.39. The van der Waals surface area contributed by atoms with Gasteiger partial charge in [0.2, 0.25) is 0 Å². The summed E-state index contributed by atoms with van der Waals surface area (Å²) in [6.45, 7) is 2.82. The fraction of sp³-hybridized carbons (Fsp3) is 0.533. The zero-order valence-corrected chi connectivity index (χ0v) is 15.3. The maximum absolute atomic E-state index is 12.4. The van der Waals surface area contributed by atoms with Crippen molar-refractivity contribution in [3.05, 3.63) is 29.8 Å². The number of hydrogen-bond donors (Lipinski definition) is 1. The highest BCUT2D eigenvalue weighted by atomic mass is 35.5. The Kier molecular flexibility index (Phi) is 13.2. The van der Waals surface area contributed by atoms with Crippen molar-refractivity contribution >= 4 is 30.7 Å². The molecule has 5 nitrogen and oxygen atoms in total. The molecule has 0 fully saturated rings. The lowest BCUT2D eigenvalue weighted by atomic mass is 10.2. The van der Waals surface area contributed by atoms with E-state index < -0.39 is 0 Å². The summed E-state index contributed by atoms with van der Waals surface area (Å²) in [4.78, 5) is 16.1. The highest BCUT2D eigenvalue weighted by molar-refractivity contribution is 5.96. The maximum atomic E-state index is 12.4. The Hall–Kier alpha value is -1.01. The zero-order chi connectivity index (χ0) is 15.0. The number of para-hydroxylation sites is 1. The number of halogens is 2. The third-order valence-corrected chi connectivity index (χ3v) is 2.96. The Morgan fingerprint density at radius 3 is 2.36 bits per heavy atom. The lowest BCUT2D eigenvalue weighted by molar-refractivity contribution is 0.0792. The van der Waals surface area contributed by atoms with Crippen molar-refractivity contribution in [1.82, 2.24) is 15.1 Å². The molecular weight excluding hydrogens is 325 g/mol. The van der Waals surface area contributed by atoms with E-state index in [0.717, 1.165) is 13.1 Å². The number of rotatable bonds is 8. The third-order valence-electron chi connectivity index (χ3n) is 2.96. The van der Waals surface area contributed by atoms with E-state index in [4.69, 9.17) is 4.74 Å². The van der Waals surface area contributed by atoms with Crippen LogP contribution in [0.5, 0.6) is 5.75 Å². The average Bonchev–Trinajstić information content (AvgIpc) is 2.44. The molecule has 0 aliphatic heterocycles. The number of carbonyl (C=O) groups excluding carboxylic acids is 1. The summed E-state index contributed by atoms with van der Waals surface area (Å²) in [5.41, 5.74) is 0.616. The first kappa shape index (κ1) is 23.3. The van der Waals surface area contributed by atoms with Gasteiger partial charge in [-0.15, -0.1) is 24.8 Å². The molecule has 0 saturated carbocycles. The second-order valence-electron chi connectivity index (χ2n) is 4.98. The predicted molar refractivity (Wildman–Crippen MR) is 95.9 cm³/mol. The van der Waals surface area contributed by atoms with Gasteiger partial charge in [0, 0.05) is 26.7 Å². The summed E-state index contributed by atoms with van der Waals surface area (Å²) in [5, 5.41) is 3.04. The minimum Gasteiger partial charge on any atom is -0.491 e. The van der Waals surface area contributed by atoms with E-state index in [-0.39, 0.29) is 30.7 Å². The Morgan fingerprint density at radius 2 is 1.77 bits per heavy atom. The number of ether oxygens (including phenoxy) is 1. The standard InChI is InChI=1S/C15H25N3O2.2ClH/c1-16-9-10-18(4)15(19)13-7-5-6-8-14(13)20-12-11-17(2)3;;/h5-8,16H,9-12H2,1-4H3;2*1H. The number of benzene rings is 1. The SMILES string of the molecule is CNCCN(C)C(=O)c1ccccc1OCCN(C)C.Cl.Cl. The van der Waals surface area contributed by atoms with Crippen LogP contribution in [0, 0.1) is 0 Å². The van der Waals surface area contributed by atoms with Gasteiger partial charge in [-0.25, -0.2) is 0 Å². The van der Waals surface area contributed by atoms with Gasteiger partial charge in [0.25, 0.3) is 5.91 Å². The van der Waals surface area contributed by atoms with Gasteiger partial charge in [0.15, 0.2) is 0 Å². The largest absolute Gasteiger partial charge is 0.491 e. The van der Waals surface area contributed by atoms with Crippen molar-refractivity contribution in [2.45, 2.75) is 0 Å². The molecule has 22 heavy (non-hydrogen) atoms. The molecule has 0 aromatic heterocycles. The van der Waals surface area contributed by atoms with Gasteiger partial charge in [-0.2, -0.15) is 0 Å². The molecule has 1 N–H and O–H groups in total. The topological polar surface area (TPSA) is 44.8 Å². The molecule has 0 saturated heterocycles. The number of nitrogens with one attached hydrogen (secondary N) is 1. The Balaban J connectivity index is 0. The van der Waals surface area contributed by atoms with E-state index in [1.807, 2.05) is 50.3 Å². The van der Waals surface area contributed by atoms with Crippen LogP contribution < -0.4 is 10.1 Å². The van der Waals surface area contributed by atoms with Crippen LogP contribution in [0.15, 0.2) is 24.3 Å². The van der Waals surface area contributed by atoms with Crippen LogP contribution in [0.1, 0.15) is 10.4 Å². The molecular formula is C15H27Cl2N3O2. The first-order valence-electron chi connectivity index (χ1n) is 6.83. The van der Waals surface area contributed by atoms with Gasteiger partial charge >= 0.3 is 0 Å². The molecule has 1 rings (SSSR count). The normalized spacial score (nSPS) is 9.68. The molecule has 1 aromatic rings. The molecule has 0 bridgehead atoms. The number of likely N-dealkylation sites (N-methyl/N-ethyl adjacent to an activating group) is 3. The number of amides is 1. The van der Waals surface area contributed by atoms with E-state index in [9.17, 15) is 4.79 Å². The number of hydrogen-bond acceptors (Lipinski definition) is 4. The summed E-state index contributed by atoms with van der Waals surface area (Å²) >= 11 is 0. The van der Waals surface area contributed by atoms with Gasteiger partial charge in [-0.3, -0.25) is 4.79 Å². The van der Waals surface area contributed by atoms with Gasteiger partial charge in [-0.05, 0) is 33.3 Å². The molecule has 0 aliphatic rings. The van der Waals surface area contributed by atoms with E-state index in [2.05, 4.69) is 5.32 Å². The molecule has 0 atom stereocenters. The fourth-order valence-corrected chi connectivity index (χ4v) is 1.69. The van der Waals surface area contributed by atoms with Crippen LogP contribution in [-0.4, -0.2) is 70.1 Å². The van der Waals surface area contributed by atoms with Crippen LogP contribution in [-0.2, 0) is 0 Å². The molecule has 0 aliphatic carbocycles. The van der Waals surface area contributed by atoms with Crippen molar-refractivity contribution in [2.75, 3.05) is 54.4 Å². The highest BCUT2D eigenvalue weighted by Crippen LogP contribution is 2.19. The predicted octanol–water partition coefficient (Wildman–Crippen LogP) is 1.76. The zero-order valence-electron chi connectivity index (χ0n) is 13.7. The van der Waals surface area contributed by atoms with Crippen LogP contribution >= 0.6 is 24.8 Å². The average molecular weight is 352 g/mol. The van der Waals surface area contributed by atoms with Crippen molar-refractivity contribution in [2.24, 2.45) is 0 Å². The summed E-state index contributed by atoms with van der Waals surface area (Å²) in [6.07, 6.45) is 0. The number of nitrogens with zero attached hydrogens (tertiary/aromatic N) is 2.